The van der Waals surface area contributed by atoms with Crippen molar-refractivity contribution in [1.82, 2.24) is 34.6 Å². The summed E-state index contributed by atoms with van der Waals surface area (Å²) < 4.78 is 2.07. The van der Waals surface area contributed by atoms with Gasteiger partial charge in [-0.1, -0.05) is 0 Å². The number of pyridine rings is 1. The molecule has 0 atom stereocenters. The van der Waals surface area contributed by atoms with Crippen LogP contribution >= 0.6 is 0 Å². The number of hydrogen-bond donors (Lipinski definition) is 2. The Bertz CT molecular complexity index is 1050. The Kier molecular flexibility index (Phi) is 4.74. The van der Waals surface area contributed by atoms with Crippen molar-refractivity contribution in [1.29, 1.82) is 0 Å². The maximum atomic E-state index is 12.2. The highest BCUT2D eigenvalue weighted by atomic mass is 16.2. The number of nitrogens with one attached hydrogen (secondary N) is 2. The summed E-state index contributed by atoms with van der Waals surface area (Å²) in [6.07, 6.45) is 3.74. The van der Waals surface area contributed by atoms with Gasteiger partial charge < -0.3 is 5.32 Å². The van der Waals surface area contributed by atoms with Crippen LogP contribution in [0.3, 0.4) is 0 Å². The van der Waals surface area contributed by atoms with Crippen molar-refractivity contribution in [3.05, 3.63) is 62.9 Å². The van der Waals surface area contributed by atoms with E-state index in [1.54, 1.807) is 18.5 Å². The molecule has 10 nitrogen and oxygen atoms in total. The van der Waals surface area contributed by atoms with Gasteiger partial charge in [0, 0.05) is 51.1 Å². The molecule has 0 bridgehead atoms. The third kappa shape index (κ3) is 3.43. The summed E-state index contributed by atoms with van der Waals surface area (Å²) in [4.78, 5) is 44.1. The number of carbonyl (C=O) groups excluding carboxylic acids is 1. The first-order valence-corrected chi connectivity index (χ1v) is 7.84. The quantitative estimate of drug-likeness (QED) is 0.619. The van der Waals surface area contributed by atoms with Crippen LogP contribution in [-0.2, 0) is 20.5 Å². The Hall–Kier alpha value is -3.56. The maximum absolute atomic E-state index is 12.2. The highest BCUT2D eigenvalue weighted by molar-refractivity contribution is 5.92. The van der Waals surface area contributed by atoms with E-state index in [0.29, 0.717) is 18.1 Å². The molecule has 0 saturated heterocycles. The fourth-order valence-electron chi connectivity index (χ4n) is 2.37. The molecular weight excluding hydrogens is 338 g/mol. The number of amides is 1. The molecule has 0 saturated carbocycles. The van der Waals surface area contributed by atoms with E-state index in [9.17, 15) is 14.4 Å². The van der Waals surface area contributed by atoms with Gasteiger partial charge >= 0.3 is 5.69 Å². The Morgan fingerprint density at radius 2 is 2.08 bits per heavy atom. The number of carbonyl (C=O) groups is 1. The maximum Gasteiger partial charge on any atom is 0.331 e. The minimum absolute atomic E-state index is 0.00622. The molecule has 2 N–H and O–H groups in total. The van der Waals surface area contributed by atoms with Gasteiger partial charge in [0.05, 0.1) is 0 Å². The van der Waals surface area contributed by atoms with Crippen LogP contribution in [0.4, 0.5) is 0 Å². The molecule has 0 fully saturated rings. The molecule has 3 aromatic heterocycles. The van der Waals surface area contributed by atoms with E-state index in [0.717, 1.165) is 20.8 Å². The summed E-state index contributed by atoms with van der Waals surface area (Å²) in [5.74, 6) is 0.615. The van der Waals surface area contributed by atoms with Gasteiger partial charge in [0.1, 0.15) is 11.5 Å². The lowest BCUT2D eigenvalue weighted by atomic mass is 10.3. The van der Waals surface area contributed by atoms with E-state index >= 15 is 0 Å². The van der Waals surface area contributed by atoms with Crippen LogP contribution in [0.15, 0.2) is 40.2 Å². The van der Waals surface area contributed by atoms with Crippen molar-refractivity contribution in [2.45, 2.75) is 6.42 Å². The lowest BCUT2D eigenvalue weighted by Crippen LogP contribution is -2.41. The van der Waals surface area contributed by atoms with Crippen LogP contribution in [0.1, 0.15) is 16.3 Å². The highest BCUT2D eigenvalue weighted by Gasteiger charge is 2.13. The van der Waals surface area contributed by atoms with Crippen LogP contribution in [0.25, 0.3) is 11.4 Å². The van der Waals surface area contributed by atoms with E-state index in [2.05, 4.69) is 25.5 Å². The van der Waals surface area contributed by atoms with Gasteiger partial charge in [-0.05, 0) is 12.1 Å². The first-order valence-electron chi connectivity index (χ1n) is 7.84. The van der Waals surface area contributed by atoms with Crippen LogP contribution in [-0.4, -0.2) is 41.8 Å². The normalized spacial score (nSPS) is 10.7. The van der Waals surface area contributed by atoms with Crippen LogP contribution in [0, 0.1) is 0 Å². The Balaban J connectivity index is 1.64. The summed E-state index contributed by atoms with van der Waals surface area (Å²) in [5, 5.41) is 9.58. The number of hydrogen-bond acceptors (Lipinski definition) is 6. The largest absolute Gasteiger partial charge is 0.350 e. The van der Waals surface area contributed by atoms with Crippen LogP contribution < -0.4 is 16.6 Å². The molecule has 10 heteroatoms. The zero-order valence-electron chi connectivity index (χ0n) is 14.3. The van der Waals surface area contributed by atoms with Crippen molar-refractivity contribution < 1.29 is 4.79 Å². The number of nitrogens with zero attached hydrogens (tertiary/aromatic N) is 5. The van der Waals surface area contributed by atoms with Crippen molar-refractivity contribution in [2.24, 2.45) is 14.1 Å². The molecule has 134 valence electrons. The first kappa shape index (κ1) is 17.3. The van der Waals surface area contributed by atoms with Crippen molar-refractivity contribution in [3.63, 3.8) is 0 Å². The molecule has 0 radical (unpaired) electrons. The Labute approximate surface area is 147 Å². The first-order chi connectivity index (χ1) is 12.5. The fourth-order valence-corrected chi connectivity index (χ4v) is 2.37. The fraction of sp³-hybridized carbons (Fsp3) is 0.250. The highest BCUT2D eigenvalue weighted by Crippen LogP contribution is 2.11. The summed E-state index contributed by atoms with van der Waals surface area (Å²) in [6, 6.07) is 4.77. The summed E-state index contributed by atoms with van der Waals surface area (Å²) in [7, 11) is 2.80. The second kappa shape index (κ2) is 7.13. The van der Waals surface area contributed by atoms with Gasteiger partial charge in [0.15, 0.2) is 5.82 Å². The predicted octanol–water partition coefficient (Wildman–Crippen LogP) is -0.763. The molecule has 1 amide bonds. The number of aromatic amines is 1. The molecule has 3 rings (SSSR count). The molecule has 0 aliphatic rings. The summed E-state index contributed by atoms with van der Waals surface area (Å²) >= 11 is 0. The zero-order chi connectivity index (χ0) is 18.7. The molecule has 3 heterocycles. The van der Waals surface area contributed by atoms with E-state index in [1.165, 1.54) is 14.1 Å². The smallest absolute Gasteiger partial charge is 0.331 e. The number of aromatic nitrogens is 6. The molecular formula is C16H17N7O3. The average molecular weight is 355 g/mol. The van der Waals surface area contributed by atoms with Crippen LogP contribution in [0.5, 0.6) is 0 Å². The predicted molar refractivity (Wildman–Crippen MR) is 92.6 cm³/mol. The van der Waals surface area contributed by atoms with E-state index < -0.39 is 17.2 Å². The average Bonchev–Trinajstić information content (AvgIpc) is 3.12. The Morgan fingerprint density at radius 3 is 2.81 bits per heavy atom. The third-order valence-corrected chi connectivity index (χ3v) is 3.86. The van der Waals surface area contributed by atoms with Gasteiger partial charge in [-0.25, -0.2) is 9.78 Å². The molecule has 0 spiro atoms. The lowest BCUT2D eigenvalue weighted by molar-refractivity contribution is 0.0943. The topological polar surface area (TPSA) is 128 Å². The van der Waals surface area contributed by atoms with Crippen LogP contribution in [0.2, 0.25) is 0 Å². The molecule has 3 aromatic rings. The Morgan fingerprint density at radius 1 is 1.27 bits per heavy atom. The van der Waals surface area contributed by atoms with E-state index in [4.69, 9.17) is 0 Å². The SMILES string of the molecule is Cn1c(C(=O)NCCc2nc(-c3cccnc3)n[nH]2)cc(=O)n(C)c1=O. The summed E-state index contributed by atoms with van der Waals surface area (Å²) in [6.45, 7) is 0.268. The van der Waals surface area contributed by atoms with Gasteiger partial charge in [-0.2, -0.15) is 5.10 Å². The number of rotatable bonds is 5. The standard InChI is InChI=1S/C16H17N7O3/c1-22-11(8-13(24)23(2)16(22)26)15(25)18-7-5-12-19-14(21-20-12)10-4-3-6-17-9-10/h3-4,6,8-9H,5,7H2,1-2H3,(H,18,25)(H,19,20,21). The molecule has 26 heavy (non-hydrogen) atoms. The van der Waals surface area contributed by atoms with E-state index in [-0.39, 0.29) is 12.2 Å². The monoisotopic (exact) mass is 355 g/mol. The minimum Gasteiger partial charge on any atom is -0.350 e. The van der Waals surface area contributed by atoms with Gasteiger partial charge in [0.25, 0.3) is 11.5 Å². The van der Waals surface area contributed by atoms with Gasteiger partial charge in [0.2, 0.25) is 0 Å². The lowest BCUT2D eigenvalue weighted by Gasteiger charge is -2.09. The summed E-state index contributed by atoms with van der Waals surface area (Å²) in [5.41, 5.74) is -0.297. The second-order valence-electron chi connectivity index (χ2n) is 5.62. The molecule has 0 aliphatic carbocycles. The molecule has 0 unspecified atom stereocenters. The second-order valence-corrected chi connectivity index (χ2v) is 5.62. The van der Waals surface area contributed by atoms with E-state index in [1.807, 2.05) is 6.07 Å². The number of H-pyrrole nitrogens is 1. The van der Waals surface area contributed by atoms with Crippen molar-refractivity contribution in [2.75, 3.05) is 6.54 Å². The van der Waals surface area contributed by atoms with Gasteiger partial charge in [-0.3, -0.25) is 28.8 Å². The molecule has 0 aliphatic heterocycles. The van der Waals surface area contributed by atoms with Gasteiger partial charge in [-0.15, -0.1) is 0 Å². The van der Waals surface area contributed by atoms with Crippen molar-refractivity contribution >= 4 is 5.91 Å². The zero-order valence-corrected chi connectivity index (χ0v) is 14.3. The minimum atomic E-state index is -0.556. The third-order valence-electron chi connectivity index (χ3n) is 3.86. The van der Waals surface area contributed by atoms with Crippen molar-refractivity contribution in [3.8, 4) is 11.4 Å². The molecule has 0 aromatic carbocycles.